The number of hydrogen-bond donors (Lipinski definition) is 0. The first kappa shape index (κ1) is 22.9. The summed E-state index contributed by atoms with van der Waals surface area (Å²) >= 11 is 0. The summed E-state index contributed by atoms with van der Waals surface area (Å²) in [6.07, 6.45) is 0. The highest BCUT2D eigenvalue weighted by molar-refractivity contribution is 6.31. The van der Waals surface area contributed by atoms with Crippen LogP contribution in [0.25, 0.3) is 0 Å². The first-order valence-electron chi connectivity index (χ1n) is 12.6. The lowest BCUT2D eigenvalue weighted by atomic mass is 9.56. The lowest BCUT2D eigenvalue weighted by Crippen LogP contribution is -2.46. The molecule has 0 aromatic heterocycles. The number of carbonyl (C=O) groups is 2. The fourth-order valence-electron chi connectivity index (χ4n) is 6.14. The van der Waals surface area contributed by atoms with Gasteiger partial charge in [-0.3, -0.25) is 9.59 Å². The second-order valence-electron chi connectivity index (χ2n) is 9.58. The molecule has 1 aliphatic rings. The lowest BCUT2D eigenvalue weighted by molar-refractivity contribution is 0.0638. The van der Waals surface area contributed by atoms with E-state index in [1.54, 1.807) is 12.1 Å². The van der Waals surface area contributed by atoms with Crippen LogP contribution in [-0.4, -0.2) is 11.6 Å². The normalized spacial score (nSPS) is 14.2. The van der Waals surface area contributed by atoms with E-state index in [0.29, 0.717) is 11.1 Å². The molecule has 0 unspecified atom stereocenters. The zero-order chi connectivity index (χ0) is 25.2. The molecule has 0 amide bonds. The molecule has 0 spiro atoms. The molecule has 0 atom stereocenters. The molecule has 0 aliphatic heterocycles. The molecule has 6 rings (SSSR count). The number of carbonyl (C=O) groups excluding carboxylic acids is 2. The Morgan fingerprint density at radius 1 is 0.351 bits per heavy atom. The van der Waals surface area contributed by atoms with E-state index in [1.807, 2.05) is 133 Å². The monoisotopic (exact) mass is 478 g/mol. The van der Waals surface area contributed by atoms with Gasteiger partial charge in [-0.25, -0.2) is 0 Å². The van der Waals surface area contributed by atoms with Gasteiger partial charge in [0.1, 0.15) is 5.41 Å². The molecule has 2 heteroatoms. The standard InChI is InChI=1S/C35H26O2/c36-33-29-23-13-14-24-30(29)34(37)35(33,31(25-15-5-1-6-16-25)26-17-7-2-8-18-26)32(27-19-9-3-10-20-27)28-21-11-4-12-22-28/h1-24,31-32H. The quantitative estimate of drug-likeness (QED) is 0.234. The minimum atomic E-state index is -1.41. The largest absolute Gasteiger partial charge is 0.293 e. The van der Waals surface area contributed by atoms with E-state index in [9.17, 15) is 9.59 Å². The predicted octanol–water partition coefficient (Wildman–Crippen LogP) is 7.72. The Bertz CT molecular complexity index is 1340. The summed E-state index contributed by atoms with van der Waals surface area (Å²) in [7, 11) is 0. The van der Waals surface area contributed by atoms with E-state index >= 15 is 0 Å². The van der Waals surface area contributed by atoms with Gasteiger partial charge in [0, 0.05) is 23.0 Å². The van der Waals surface area contributed by atoms with Crippen LogP contribution in [-0.2, 0) is 0 Å². The fraction of sp³-hybridized carbons (Fsp3) is 0.0857. The maximum atomic E-state index is 14.9. The molecule has 1 aliphatic carbocycles. The van der Waals surface area contributed by atoms with Crippen molar-refractivity contribution < 1.29 is 9.59 Å². The summed E-state index contributed by atoms with van der Waals surface area (Å²) in [5, 5.41) is 0. The van der Waals surface area contributed by atoms with Crippen LogP contribution in [0.3, 0.4) is 0 Å². The average Bonchev–Trinajstić information content (AvgIpc) is 3.18. The van der Waals surface area contributed by atoms with E-state index < -0.39 is 17.3 Å². The van der Waals surface area contributed by atoms with Gasteiger partial charge < -0.3 is 0 Å². The molecular weight excluding hydrogens is 452 g/mol. The Labute approximate surface area is 217 Å². The summed E-state index contributed by atoms with van der Waals surface area (Å²) in [4.78, 5) is 29.8. The molecule has 2 nitrogen and oxygen atoms in total. The Morgan fingerprint density at radius 3 is 0.865 bits per heavy atom. The summed E-state index contributed by atoms with van der Waals surface area (Å²) in [5.41, 5.74) is 3.37. The van der Waals surface area contributed by atoms with Crippen molar-refractivity contribution in [2.24, 2.45) is 5.41 Å². The molecule has 0 bridgehead atoms. The van der Waals surface area contributed by atoms with Gasteiger partial charge in [0.25, 0.3) is 0 Å². The van der Waals surface area contributed by atoms with Crippen LogP contribution in [0.2, 0.25) is 0 Å². The van der Waals surface area contributed by atoms with Crippen molar-refractivity contribution in [3.8, 4) is 0 Å². The van der Waals surface area contributed by atoms with Crippen molar-refractivity contribution in [1.82, 2.24) is 0 Å². The zero-order valence-corrected chi connectivity index (χ0v) is 20.3. The van der Waals surface area contributed by atoms with E-state index in [0.717, 1.165) is 22.3 Å². The van der Waals surface area contributed by atoms with Crippen molar-refractivity contribution in [3.05, 3.63) is 179 Å². The van der Waals surface area contributed by atoms with Crippen molar-refractivity contribution in [2.45, 2.75) is 11.8 Å². The van der Waals surface area contributed by atoms with Crippen LogP contribution in [0.15, 0.2) is 146 Å². The molecule has 0 saturated heterocycles. The molecule has 37 heavy (non-hydrogen) atoms. The summed E-state index contributed by atoms with van der Waals surface area (Å²) in [6, 6.07) is 47.3. The lowest BCUT2D eigenvalue weighted by Gasteiger charge is -2.42. The number of ketones is 2. The predicted molar refractivity (Wildman–Crippen MR) is 147 cm³/mol. The molecule has 5 aromatic rings. The maximum Gasteiger partial charge on any atom is 0.179 e. The van der Waals surface area contributed by atoms with Gasteiger partial charge in [-0.1, -0.05) is 146 Å². The van der Waals surface area contributed by atoms with E-state index in [2.05, 4.69) is 0 Å². The van der Waals surface area contributed by atoms with Gasteiger partial charge in [0.05, 0.1) is 0 Å². The minimum absolute atomic E-state index is 0.122. The summed E-state index contributed by atoms with van der Waals surface area (Å²) in [6.45, 7) is 0. The number of benzene rings is 5. The third kappa shape index (κ3) is 3.65. The van der Waals surface area contributed by atoms with Gasteiger partial charge in [-0.2, -0.15) is 0 Å². The molecule has 0 radical (unpaired) electrons. The number of hydrogen-bond acceptors (Lipinski definition) is 2. The van der Waals surface area contributed by atoms with Crippen molar-refractivity contribution in [1.29, 1.82) is 0 Å². The highest BCUT2D eigenvalue weighted by Crippen LogP contribution is 2.59. The molecule has 0 saturated carbocycles. The van der Waals surface area contributed by atoms with E-state index in [4.69, 9.17) is 0 Å². The van der Waals surface area contributed by atoms with Crippen LogP contribution in [0, 0.1) is 5.41 Å². The second kappa shape index (κ2) is 9.48. The van der Waals surface area contributed by atoms with Crippen LogP contribution in [0.4, 0.5) is 0 Å². The number of rotatable bonds is 6. The molecule has 0 fully saturated rings. The van der Waals surface area contributed by atoms with Gasteiger partial charge in [-0.15, -0.1) is 0 Å². The fourth-order valence-corrected chi connectivity index (χ4v) is 6.14. The van der Waals surface area contributed by atoms with Crippen molar-refractivity contribution in [2.75, 3.05) is 0 Å². The van der Waals surface area contributed by atoms with Gasteiger partial charge in [0.2, 0.25) is 0 Å². The third-order valence-electron chi connectivity index (χ3n) is 7.61. The topological polar surface area (TPSA) is 34.1 Å². The smallest absolute Gasteiger partial charge is 0.179 e. The van der Waals surface area contributed by atoms with E-state index in [1.165, 1.54) is 0 Å². The Morgan fingerprint density at radius 2 is 0.595 bits per heavy atom. The minimum Gasteiger partial charge on any atom is -0.293 e. The molecule has 5 aromatic carbocycles. The first-order chi connectivity index (χ1) is 18.2. The highest BCUT2D eigenvalue weighted by Gasteiger charge is 2.63. The second-order valence-corrected chi connectivity index (χ2v) is 9.58. The molecule has 0 N–H and O–H groups in total. The van der Waals surface area contributed by atoms with Gasteiger partial charge in [-0.05, 0) is 22.3 Å². The maximum absolute atomic E-state index is 14.9. The van der Waals surface area contributed by atoms with Crippen LogP contribution < -0.4 is 0 Å². The number of fused-ring (bicyclic) bond motifs is 1. The Balaban J connectivity index is 1.75. The Kier molecular flexibility index (Phi) is 5.86. The summed E-state index contributed by atoms with van der Waals surface area (Å²) < 4.78 is 0. The highest BCUT2D eigenvalue weighted by atomic mass is 16.2. The zero-order valence-electron chi connectivity index (χ0n) is 20.3. The van der Waals surface area contributed by atoms with Crippen LogP contribution >= 0.6 is 0 Å². The van der Waals surface area contributed by atoms with Gasteiger partial charge in [0.15, 0.2) is 11.6 Å². The number of Topliss-reactive ketones (excluding diaryl/α,β-unsaturated/α-hetero) is 2. The van der Waals surface area contributed by atoms with Crippen LogP contribution in [0.5, 0.6) is 0 Å². The Hall–Kier alpha value is -4.56. The SMILES string of the molecule is O=C1c2ccccc2C(=O)C1(C(c1ccccc1)c1ccccc1)C(c1ccccc1)c1ccccc1. The third-order valence-corrected chi connectivity index (χ3v) is 7.61. The van der Waals surface area contributed by atoms with Crippen molar-refractivity contribution >= 4 is 11.6 Å². The first-order valence-corrected chi connectivity index (χ1v) is 12.6. The van der Waals surface area contributed by atoms with Crippen molar-refractivity contribution in [3.63, 3.8) is 0 Å². The van der Waals surface area contributed by atoms with E-state index in [-0.39, 0.29) is 11.6 Å². The average molecular weight is 479 g/mol. The molecular formula is C35H26O2. The molecule has 0 heterocycles. The molecule has 178 valence electrons. The van der Waals surface area contributed by atoms with Gasteiger partial charge >= 0.3 is 0 Å². The van der Waals surface area contributed by atoms with Crippen LogP contribution in [0.1, 0.15) is 54.8 Å². The summed E-state index contributed by atoms with van der Waals surface area (Å²) in [5.74, 6) is -1.23.